The Balaban J connectivity index is 1.87. The van der Waals surface area contributed by atoms with Crippen LogP contribution in [-0.2, 0) is 4.74 Å². The standard InChI is InChI=1S/C19H20ClFN2O3/c1-11-9-23(10-18(26-11)12-3-5-13(21)6-4-12)19(24)14-7-15(20)16(22)8-17(14)25-2/h3-8,11,18H,9-10,22H2,1-2H3. The van der Waals surface area contributed by atoms with Gasteiger partial charge in [0.15, 0.2) is 0 Å². The Morgan fingerprint density at radius 1 is 1.31 bits per heavy atom. The fourth-order valence-corrected chi connectivity index (χ4v) is 3.22. The summed E-state index contributed by atoms with van der Waals surface area (Å²) in [6.07, 6.45) is -0.503. The third-order valence-electron chi connectivity index (χ3n) is 4.34. The number of benzene rings is 2. The Bertz CT molecular complexity index is 813. The highest BCUT2D eigenvalue weighted by atomic mass is 35.5. The van der Waals surface area contributed by atoms with Crippen molar-refractivity contribution in [3.63, 3.8) is 0 Å². The molecule has 1 amide bonds. The summed E-state index contributed by atoms with van der Waals surface area (Å²) < 4.78 is 24.4. The van der Waals surface area contributed by atoms with Crippen molar-refractivity contribution in [2.75, 3.05) is 25.9 Å². The van der Waals surface area contributed by atoms with E-state index in [0.717, 1.165) is 5.56 Å². The van der Waals surface area contributed by atoms with Crippen molar-refractivity contribution in [2.24, 2.45) is 0 Å². The third-order valence-corrected chi connectivity index (χ3v) is 4.67. The number of nitrogens with two attached hydrogens (primary N) is 1. The number of carbonyl (C=O) groups is 1. The molecule has 0 radical (unpaired) electrons. The molecule has 2 unspecified atom stereocenters. The first-order chi connectivity index (χ1) is 12.4. The number of nitrogens with zero attached hydrogens (tertiary/aromatic N) is 1. The van der Waals surface area contributed by atoms with Crippen molar-refractivity contribution in [3.05, 3.63) is 58.4 Å². The van der Waals surface area contributed by atoms with E-state index in [4.69, 9.17) is 26.8 Å². The Morgan fingerprint density at radius 2 is 2.00 bits per heavy atom. The molecule has 1 aliphatic heterocycles. The number of ether oxygens (including phenoxy) is 2. The summed E-state index contributed by atoms with van der Waals surface area (Å²) in [4.78, 5) is 14.7. The number of halogens is 2. The van der Waals surface area contributed by atoms with Crippen molar-refractivity contribution in [3.8, 4) is 5.75 Å². The quantitative estimate of drug-likeness (QED) is 0.827. The monoisotopic (exact) mass is 378 g/mol. The van der Waals surface area contributed by atoms with Crippen LogP contribution in [0.25, 0.3) is 0 Å². The highest BCUT2D eigenvalue weighted by molar-refractivity contribution is 6.33. The van der Waals surface area contributed by atoms with E-state index in [2.05, 4.69) is 0 Å². The van der Waals surface area contributed by atoms with Crippen molar-refractivity contribution in [2.45, 2.75) is 19.1 Å². The van der Waals surface area contributed by atoms with Crippen LogP contribution in [0.2, 0.25) is 5.02 Å². The van der Waals surface area contributed by atoms with Crippen LogP contribution < -0.4 is 10.5 Å². The number of carbonyl (C=O) groups excluding carboxylic acids is 1. The number of rotatable bonds is 3. The van der Waals surface area contributed by atoms with Crippen LogP contribution in [0, 0.1) is 5.82 Å². The maximum Gasteiger partial charge on any atom is 0.257 e. The molecule has 3 rings (SSSR count). The maximum atomic E-state index is 13.2. The first-order valence-corrected chi connectivity index (χ1v) is 8.60. The lowest BCUT2D eigenvalue weighted by atomic mass is 10.0. The van der Waals surface area contributed by atoms with Gasteiger partial charge in [0.1, 0.15) is 17.7 Å². The van der Waals surface area contributed by atoms with Gasteiger partial charge in [-0.2, -0.15) is 0 Å². The van der Waals surface area contributed by atoms with Gasteiger partial charge in [-0.05, 0) is 30.7 Å². The molecule has 0 aromatic heterocycles. The molecule has 2 atom stereocenters. The van der Waals surface area contributed by atoms with Crippen LogP contribution in [0.5, 0.6) is 5.75 Å². The van der Waals surface area contributed by atoms with Crippen LogP contribution >= 0.6 is 11.6 Å². The number of amides is 1. The molecule has 1 saturated heterocycles. The second-order valence-electron chi connectivity index (χ2n) is 6.27. The molecule has 26 heavy (non-hydrogen) atoms. The zero-order valence-electron chi connectivity index (χ0n) is 14.5. The SMILES string of the molecule is COc1cc(N)c(Cl)cc1C(=O)N1CC(C)OC(c2ccc(F)cc2)C1. The van der Waals surface area contributed by atoms with Gasteiger partial charge in [-0.15, -0.1) is 0 Å². The van der Waals surface area contributed by atoms with E-state index < -0.39 is 0 Å². The molecule has 0 spiro atoms. The molecule has 0 saturated carbocycles. The topological polar surface area (TPSA) is 64.8 Å². The van der Waals surface area contributed by atoms with Crippen molar-refractivity contribution >= 4 is 23.2 Å². The zero-order chi connectivity index (χ0) is 18.8. The van der Waals surface area contributed by atoms with Crippen molar-refractivity contribution in [1.82, 2.24) is 4.90 Å². The predicted molar refractivity (Wildman–Crippen MR) is 98.0 cm³/mol. The highest BCUT2D eigenvalue weighted by Gasteiger charge is 2.31. The second-order valence-corrected chi connectivity index (χ2v) is 6.68. The molecule has 1 fully saturated rings. The summed E-state index contributed by atoms with van der Waals surface area (Å²) in [7, 11) is 1.47. The van der Waals surface area contributed by atoms with Gasteiger partial charge in [-0.1, -0.05) is 23.7 Å². The molecule has 0 bridgehead atoms. The Morgan fingerprint density at radius 3 is 2.65 bits per heavy atom. The highest BCUT2D eigenvalue weighted by Crippen LogP contribution is 2.32. The molecule has 2 aromatic carbocycles. The molecule has 1 heterocycles. The molecule has 138 valence electrons. The molecule has 5 nitrogen and oxygen atoms in total. The van der Waals surface area contributed by atoms with Gasteiger partial charge in [0.05, 0.1) is 36.0 Å². The van der Waals surface area contributed by atoms with Gasteiger partial charge in [-0.25, -0.2) is 4.39 Å². The van der Waals surface area contributed by atoms with Gasteiger partial charge in [0.2, 0.25) is 0 Å². The second kappa shape index (κ2) is 7.51. The van der Waals surface area contributed by atoms with Gasteiger partial charge >= 0.3 is 0 Å². The zero-order valence-corrected chi connectivity index (χ0v) is 15.3. The minimum absolute atomic E-state index is 0.169. The fraction of sp³-hybridized carbons (Fsp3) is 0.316. The molecule has 1 aliphatic rings. The lowest BCUT2D eigenvalue weighted by Crippen LogP contribution is -2.46. The van der Waals surface area contributed by atoms with E-state index >= 15 is 0 Å². The Hall–Kier alpha value is -2.31. The number of morpholine rings is 1. The van der Waals surface area contributed by atoms with Crippen molar-refractivity contribution < 1.29 is 18.7 Å². The van der Waals surface area contributed by atoms with E-state index in [1.807, 2.05) is 6.92 Å². The molecule has 2 aromatic rings. The summed E-state index contributed by atoms with van der Waals surface area (Å²) in [5.41, 5.74) is 7.30. The number of methoxy groups -OCH3 is 1. The van der Waals surface area contributed by atoms with Crippen molar-refractivity contribution in [1.29, 1.82) is 0 Å². The van der Waals surface area contributed by atoms with E-state index in [9.17, 15) is 9.18 Å². The minimum atomic E-state index is -0.335. The average molecular weight is 379 g/mol. The molecular weight excluding hydrogens is 359 g/mol. The van der Waals surface area contributed by atoms with Gasteiger partial charge in [0, 0.05) is 12.6 Å². The summed E-state index contributed by atoms with van der Waals surface area (Å²) >= 11 is 6.08. The molecular formula is C19H20ClFN2O3. The lowest BCUT2D eigenvalue weighted by Gasteiger charge is -2.37. The van der Waals surface area contributed by atoms with E-state index in [-0.39, 0.29) is 23.9 Å². The van der Waals surface area contributed by atoms with Gasteiger partial charge in [-0.3, -0.25) is 4.79 Å². The largest absolute Gasteiger partial charge is 0.496 e. The fourth-order valence-electron chi connectivity index (χ4n) is 3.05. The Labute approximate surface area is 156 Å². The van der Waals surface area contributed by atoms with Crippen LogP contribution in [0.1, 0.15) is 28.9 Å². The molecule has 7 heteroatoms. The first-order valence-electron chi connectivity index (χ1n) is 8.22. The summed E-state index contributed by atoms with van der Waals surface area (Å²) in [6.45, 7) is 2.67. The van der Waals surface area contributed by atoms with Gasteiger partial charge < -0.3 is 20.1 Å². The van der Waals surface area contributed by atoms with Crippen LogP contribution in [0.15, 0.2) is 36.4 Å². The number of anilines is 1. The summed E-state index contributed by atoms with van der Waals surface area (Å²) in [6, 6.07) is 9.16. The smallest absolute Gasteiger partial charge is 0.257 e. The lowest BCUT2D eigenvalue weighted by molar-refractivity contribution is -0.0692. The van der Waals surface area contributed by atoms with Crippen LogP contribution in [0.4, 0.5) is 10.1 Å². The van der Waals surface area contributed by atoms with E-state index in [1.54, 1.807) is 17.0 Å². The normalized spacial score (nSPS) is 20.1. The Kier molecular flexibility index (Phi) is 5.34. The third kappa shape index (κ3) is 3.76. The summed E-state index contributed by atoms with van der Waals surface area (Å²) in [5, 5.41) is 0.297. The van der Waals surface area contributed by atoms with Crippen LogP contribution in [-0.4, -0.2) is 37.1 Å². The van der Waals surface area contributed by atoms with E-state index in [0.29, 0.717) is 35.1 Å². The minimum Gasteiger partial charge on any atom is -0.496 e. The van der Waals surface area contributed by atoms with Gasteiger partial charge in [0.25, 0.3) is 5.91 Å². The first kappa shape index (κ1) is 18.5. The number of nitrogen functional groups attached to an aromatic ring is 1. The summed E-state index contributed by atoms with van der Waals surface area (Å²) in [5.74, 6) is -0.160. The van der Waals surface area contributed by atoms with E-state index in [1.165, 1.54) is 31.4 Å². The maximum absolute atomic E-state index is 13.2. The number of hydrogen-bond donors (Lipinski definition) is 1. The molecule has 2 N–H and O–H groups in total. The average Bonchev–Trinajstić information content (AvgIpc) is 2.63. The van der Waals surface area contributed by atoms with Crippen LogP contribution in [0.3, 0.4) is 0 Å². The number of hydrogen-bond acceptors (Lipinski definition) is 4. The molecule has 0 aliphatic carbocycles. The predicted octanol–water partition coefficient (Wildman–Crippen LogP) is 3.67.